The van der Waals surface area contributed by atoms with Crippen molar-refractivity contribution >= 4 is 23.2 Å². The lowest BCUT2D eigenvalue weighted by Gasteiger charge is -2.22. The molecule has 2 aromatic rings. The Hall–Kier alpha value is -2.90. The first-order valence-corrected chi connectivity index (χ1v) is 6.72. The van der Waals surface area contributed by atoms with E-state index in [1.54, 1.807) is 18.3 Å². The number of nitrogens with one attached hydrogen (secondary N) is 3. The summed E-state index contributed by atoms with van der Waals surface area (Å²) in [6.07, 6.45) is 4.42. The van der Waals surface area contributed by atoms with Gasteiger partial charge in [-0.2, -0.15) is 0 Å². The molecule has 2 aromatic heterocycles. The number of carbonyl (C=O) groups is 1. The average Bonchev–Trinajstić information content (AvgIpc) is 2.47. The molecule has 0 spiro atoms. The van der Waals surface area contributed by atoms with Gasteiger partial charge in [-0.1, -0.05) is 0 Å². The number of hydrazine groups is 1. The molecule has 5 N–H and O–H groups in total. The van der Waals surface area contributed by atoms with E-state index in [-0.39, 0.29) is 11.4 Å². The number of pyridine rings is 1. The van der Waals surface area contributed by atoms with Crippen LogP contribution in [0.3, 0.4) is 0 Å². The van der Waals surface area contributed by atoms with Crippen molar-refractivity contribution in [2.24, 2.45) is 0 Å². The van der Waals surface area contributed by atoms with Crippen LogP contribution in [0.5, 0.6) is 0 Å². The second-order valence-electron chi connectivity index (χ2n) is 5.68. The van der Waals surface area contributed by atoms with Gasteiger partial charge in [-0.3, -0.25) is 20.6 Å². The summed E-state index contributed by atoms with van der Waals surface area (Å²) >= 11 is 0. The lowest BCUT2D eigenvalue weighted by Crippen LogP contribution is -2.31. The van der Waals surface area contributed by atoms with E-state index in [0.717, 1.165) is 0 Å². The maximum absolute atomic E-state index is 11.9. The molecule has 0 unspecified atom stereocenters. The van der Waals surface area contributed by atoms with Gasteiger partial charge in [0, 0.05) is 17.9 Å². The Kier molecular flexibility index (Phi) is 4.40. The molecule has 2 heterocycles. The number of nitrogens with zero attached hydrogens (tertiary/aromatic N) is 3. The topological polar surface area (TPSA) is 118 Å². The van der Waals surface area contributed by atoms with Crippen LogP contribution >= 0.6 is 0 Å². The molecule has 0 radical (unpaired) electrons. The van der Waals surface area contributed by atoms with Gasteiger partial charge in [0.1, 0.15) is 12.0 Å². The number of hydrogen-bond acceptors (Lipinski definition) is 7. The number of nitrogen functional groups attached to an aromatic ring is 1. The van der Waals surface area contributed by atoms with Crippen LogP contribution < -0.4 is 21.9 Å². The molecule has 0 atom stereocenters. The zero-order chi connectivity index (χ0) is 16.2. The number of amides is 1. The Bertz CT molecular complexity index is 652. The standard InChI is InChI=1S/C14H19N7O/c1-14(2,3)19-11-10(15)12(18-8-17-11)20-21-13(22)9-5-4-6-16-7-9/h4-8H,15H2,1-3H3,(H,21,22)(H2,17,18,19,20). The molecule has 8 nitrogen and oxygen atoms in total. The van der Waals surface area contributed by atoms with Crippen LogP contribution in [0.1, 0.15) is 31.1 Å². The fourth-order valence-corrected chi connectivity index (χ4v) is 1.64. The summed E-state index contributed by atoms with van der Waals surface area (Å²) in [5.41, 5.74) is 11.8. The second-order valence-corrected chi connectivity index (χ2v) is 5.68. The fourth-order valence-electron chi connectivity index (χ4n) is 1.64. The molecule has 0 bridgehead atoms. The van der Waals surface area contributed by atoms with Crippen molar-refractivity contribution in [3.05, 3.63) is 36.4 Å². The van der Waals surface area contributed by atoms with Crippen LogP contribution in [0.2, 0.25) is 0 Å². The minimum atomic E-state index is -0.337. The molecular formula is C14H19N7O. The van der Waals surface area contributed by atoms with Crippen LogP contribution in [0.4, 0.5) is 17.3 Å². The van der Waals surface area contributed by atoms with E-state index in [0.29, 0.717) is 22.9 Å². The van der Waals surface area contributed by atoms with E-state index < -0.39 is 0 Å². The Morgan fingerprint density at radius 1 is 1.23 bits per heavy atom. The third-order valence-corrected chi connectivity index (χ3v) is 2.60. The molecular weight excluding hydrogens is 282 g/mol. The number of rotatable bonds is 4. The van der Waals surface area contributed by atoms with E-state index in [9.17, 15) is 4.79 Å². The molecule has 0 aromatic carbocycles. The van der Waals surface area contributed by atoms with Crippen molar-refractivity contribution in [2.75, 3.05) is 16.5 Å². The summed E-state index contributed by atoms with van der Waals surface area (Å²) in [6, 6.07) is 3.33. The first-order valence-electron chi connectivity index (χ1n) is 6.72. The Balaban J connectivity index is 2.07. The molecule has 0 aliphatic heterocycles. The monoisotopic (exact) mass is 301 g/mol. The minimum absolute atomic E-state index is 0.196. The highest BCUT2D eigenvalue weighted by molar-refractivity contribution is 5.94. The van der Waals surface area contributed by atoms with E-state index in [4.69, 9.17) is 5.73 Å². The zero-order valence-electron chi connectivity index (χ0n) is 12.7. The molecule has 2 rings (SSSR count). The first-order chi connectivity index (χ1) is 10.4. The van der Waals surface area contributed by atoms with Gasteiger partial charge in [-0.25, -0.2) is 9.97 Å². The third kappa shape index (κ3) is 4.05. The fraction of sp³-hybridized carbons (Fsp3) is 0.286. The second kappa shape index (κ2) is 6.25. The predicted octanol–water partition coefficient (Wildman–Crippen LogP) is 1.42. The molecule has 0 aliphatic carbocycles. The van der Waals surface area contributed by atoms with Crippen molar-refractivity contribution in [1.82, 2.24) is 20.4 Å². The highest BCUT2D eigenvalue weighted by atomic mass is 16.2. The summed E-state index contributed by atoms with van der Waals surface area (Å²) in [5.74, 6) is 0.482. The van der Waals surface area contributed by atoms with Gasteiger partial charge in [0.25, 0.3) is 5.91 Å². The number of hydrogen-bond donors (Lipinski definition) is 4. The summed E-state index contributed by atoms with van der Waals surface area (Å²) in [6.45, 7) is 5.98. The van der Waals surface area contributed by atoms with E-state index in [2.05, 4.69) is 31.1 Å². The molecule has 0 saturated heterocycles. The van der Waals surface area contributed by atoms with Crippen LogP contribution in [0, 0.1) is 0 Å². The Morgan fingerprint density at radius 2 is 1.95 bits per heavy atom. The van der Waals surface area contributed by atoms with E-state index >= 15 is 0 Å². The van der Waals surface area contributed by atoms with Crippen LogP contribution in [0.25, 0.3) is 0 Å². The highest BCUT2D eigenvalue weighted by Gasteiger charge is 2.15. The summed E-state index contributed by atoms with van der Waals surface area (Å²) in [5, 5.41) is 3.17. The van der Waals surface area contributed by atoms with Crippen molar-refractivity contribution in [3.63, 3.8) is 0 Å². The number of aromatic nitrogens is 3. The predicted molar refractivity (Wildman–Crippen MR) is 85.1 cm³/mol. The maximum atomic E-state index is 11.9. The molecule has 1 amide bonds. The quantitative estimate of drug-likeness (QED) is 0.631. The molecule has 8 heteroatoms. The first kappa shape index (κ1) is 15.5. The SMILES string of the molecule is CC(C)(C)Nc1ncnc(NNC(=O)c2cccnc2)c1N. The van der Waals surface area contributed by atoms with Crippen molar-refractivity contribution < 1.29 is 4.79 Å². The summed E-state index contributed by atoms with van der Waals surface area (Å²) in [4.78, 5) is 23.9. The van der Waals surface area contributed by atoms with E-state index in [1.807, 2.05) is 20.8 Å². The zero-order valence-corrected chi connectivity index (χ0v) is 12.7. The van der Waals surface area contributed by atoms with Gasteiger partial charge in [0.05, 0.1) is 5.56 Å². The number of carbonyl (C=O) groups excluding carboxylic acids is 1. The molecule has 0 aliphatic rings. The van der Waals surface area contributed by atoms with Crippen molar-refractivity contribution in [3.8, 4) is 0 Å². The minimum Gasteiger partial charge on any atom is -0.393 e. The van der Waals surface area contributed by atoms with Crippen molar-refractivity contribution in [2.45, 2.75) is 26.3 Å². The number of nitrogens with two attached hydrogens (primary N) is 1. The maximum Gasteiger partial charge on any atom is 0.271 e. The Morgan fingerprint density at radius 3 is 2.59 bits per heavy atom. The largest absolute Gasteiger partial charge is 0.393 e. The molecule has 116 valence electrons. The van der Waals surface area contributed by atoms with Gasteiger partial charge < -0.3 is 11.1 Å². The van der Waals surface area contributed by atoms with Gasteiger partial charge in [0.15, 0.2) is 11.6 Å². The van der Waals surface area contributed by atoms with Gasteiger partial charge >= 0.3 is 0 Å². The smallest absolute Gasteiger partial charge is 0.271 e. The normalized spacial score (nSPS) is 10.9. The van der Waals surface area contributed by atoms with Crippen LogP contribution in [0.15, 0.2) is 30.9 Å². The summed E-state index contributed by atoms with van der Waals surface area (Å²) in [7, 11) is 0. The lowest BCUT2D eigenvalue weighted by molar-refractivity contribution is 0.0962. The lowest BCUT2D eigenvalue weighted by atomic mass is 10.1. The number of anilines is 3. The highest BCUT2D eigenvalue weighted by Crippen LogP contribution is 2.24. The van der Waals surface area contributed by atoms with E-state index in [1.165, 1.54) is 12.5 Å². The van der Waals surface area contributed by atoms with Gasteiger partial charge in [-0.05, 0) is 32.9 Å². The summed E-state index contributed by atoms with van der Waals surface area (Å²) < 4.78 is 0. The van der Waals surface area contributed by atoms with Gasteiger partial charge in [-0.15, -0.1) is 0 Å². The molecule has 0 fully saturated rings. The average molecular weight is 301 g/mol. The van der Waals surface area contributed by atoms with Crippen molar-refractivity contribution in [1.29, 1.82) is 0 Å². The molecule has 22 heavy (non-hydrogen) atoms. The van der Waals surface area contributed by atoms with Gasteiger partial charge in [0.2, 0.25) is 0 Å². The Labute approximate surface area is 128 Å². The molecule has 0 saturated carbocycles. The third-order valence-electron chi connectivity index (χ3n) is 2.60. The van der Waals surface area contributed by atoms with Crippen LogP contribution in [-0.2, 0) is 0 Å². The van der Waals surface area contributed by atoms with Crippen LogP contribution in [-0.4, -0.2) is 26.4 Å².